The van der Waals surface area contributed by atoms with Gasteiger partial charge in [0.2, 0.25) is 0 Å². The molecule has 1 aliphatic rings. The molecule has 0 heterocycles. The molecule has 0 aliphatic heterocycles. The van der Waals surface area contributed by atoms with Crippen LogP contribution in [-0.4, -0.2) is 12.1 Å². The van der Waals surface area contributed by atoms with Gasteiger partial charge in [-0.05, 0) is 44.4 Å². The molecule has 3 atom stereocenters. The highest BCUT2D eigenvalue weighted by molar-refractivity contribution is 5.87. The molecule has 1 saturated carbocycles. The Morgan fingerprint density at radius 3 is 2.53 bits per heavy atom. The van der Waals surface area contributed by atoms with E-state index in [1.54, 1.807) is 0 Å². The zero-order valence-electron chi connectivity index (χ0n) is 11.8. The third-order valence-electron chi connectivity index (χ3n) is 3.97. The van der Waals surface area contributed by atoms with E-state index in [0.29, 0.717) is 23.3 Å². The van der Waals surface area contributed by atoms with Crippen LogP contribution in [0.1, 0.15) is 53.9 Å². The van der Waals surface area contributed by atoms with Gasteiger partial charge >= 0.3 is 5.97 Å². The molecule has 0 aromatic carbocycles. The molecule has 1 rings (SSSR count). The first-order valence-electron chi connectivity index (χ1n) is 6.79. The molecule has 0 spiro atoms. The van der Waals surface area contributed by atoms with E-state index < -0.39 is 0 Å². The summed E-state index contributed by atoms with van der Waals surface area (Å²) in [6.45, 7) is 10.4. The van der Waals surface area contributed by atoms with Gasteiger partial charge in [-0.2, -0.15) is 0 Å². The fourth-order valence-corrected chi connectivity index (χ4v) is 2.60. The minimum absolute atomic E-state index is 0.112. The number of esters is 1. The van der Waals surface area contributed by atoms with E-state index in [1.165, 1.54) is 12.8 Å². The van der Waals surface area contributed by atoms with Gasteiger partial charge in [0.25, 0.3) is 0 Å². The Kier molecular flexibility index (Phi) is 5.23. The van der Waals surface area contributed by atoms with Crippen LogP contribution in [0.25, 0.3) is 0 Å². The zero-order chi connectivity index (χ0) is 13.0. The molecule has 0 radical (unpaired) electrons. The van der Waals surface area contributed by atoms with Crippen molar-refractivity contribution < 1.29 is 9.53 Å². The van der Waals surface area contributed by atoms with Crippen LogP contribution in [0.5, 0.6) is 0 Å². The molecule has 98 valence electrons. The summed E-state index contributed by atoms with van der Waals surface area (Å²) in [5.41, 5.74) is 0.714. The molecule has 0 bridgehead atoms. The van der Waals surface area contributed by atoms with Gasteiger partial charge < -0.3 is 4.74 Å². The molecule has 3 unspecified atom stereocenters. The lowest BCUT2D eigenvalue weighted by atomic mass is 9.75. The molecule has 2 nitrogen and oxygen atoms in total. The second-order valence-electron chi connectivity index (χ2n) is 5.74. The Balaban J connectivity index is 2.67. The standard InChI is InChI=1S/C15H26O2/c1-6-12(5)15(16)17-14-9-11(4)7-8-13(14)10(2)3/h6,10-11,13-14H,7-9H2,1-5H3/b12-6+. The monoisotopic (exact) mass is 238 g/mol. The predicted molar refractivity (Wildman–Crippen MR) is 70.7 cm³/mol. The van der Waals surface area contributed by atoms with Crippen LogP contribution in [0.4, 0.5) is 0 Å². The van der Waals surface area contributed by atoms with Crippen molar-refractivity contribution in [3.05, 3.63) is 11.6 Å². The van der Waals surface area contributed by atoms with Crippen LogP contribution in [0.3, 0.4) is 0 Å². The van der Waals surface area contributed by atoms with E-state index in [1.807, 2.05) is 19.9 Å². The average molecular weight is 238 g/mol. The number of hydrogen-bond donors (Lipinski definition) is 0. The summed E-state index contributed by atoms with van der Waals surface area (Å²) in [5, 5.41) is 0. The van der Waals surface area contributed by atoms with Crippen molar-refractivity contribution in [3.8, 4) is 0 Å². The first-order chi connectivity index (χ1) is 7.95. The summed E-state index contributed by atoms with van der Waals surface area (Å²) in [4.78, 5) is 11.8. The van der Waals surface area contributed by atoms with Gasteiger partial charge in [0.1, 0.15) is 6.10 Å². The molecule has 1 fully saturated rings. The fourth-order valence-electron chi connectivity index (χ4n) is 2.60. The number of carbonyl (C=O) groups is 1. The molecular weight excluding hydrogens is 212 g/mol. The van der Waals surface area contributed by atoms with Crippen LogP contribution in [0, 0.1) is 17.8 Å². The third-order valence-corrected chi connectivity index (χ3v) is 3.97. The Bertz CT molecular complexity index is 291. The topological polar surface area (TPSA) is 26.3 Å². The van der Waals surface area contributed by atoms with E-state index in [9.17, 15) is 4.79 Å². The van der Waals surface area contributed by atoms with Crippen molar-refractivity contribution in [1.29, 1.82) is 0 Å². The number of carbonyl (C=O) groups excluding carboxylic acids is 1. The summed E-state index contributed by atoms with van der Waals surface area (Å²) in [6.07, 6.45) is 5.40. The van der Waals surface area contributed by atoms with Crippen LogP contribution >= 0.6 is 0 Å². The molecule has 0 saturated heterocycles. The molecular formula is C15H26O2. The fraction of sp³-hybridized carbons (Fsp3) is 0.800. The predicted octanol–water partition coefficient (Wildman–Crippen LogP) is 3.96. The van der Waals surface area contributed by atoms with Crippen molar-refractivity contribution in [2.45, 2.75) is 60.0 Å². The van der Waals surface area contributed by atoms with Crippen LogP contribution in [0.2, 0.25) is 0 Å². The smallest absolute Gasteiger partial charge is 0.333 e. The Morgan fingerprint density at radius 1 is 1.35 bits per heavy atom. The molecule has 17 heavy (non-hydrogen) atoms. The second kappa shape index (κ2) is 6.23. The average Bonchev–Trinajstić information content (AvgIpc) is 2.27. The third kappa shape index (κ3) is 3.86. The van der Waals surface area contributed by atoms with Crippen LogP contribution in [-0.2, 0) is 9.53 Å². The quantitative estimate of drug-likeness (QED) is 0.549. The molecule has 1 aliphatic carbocycles. The van der Waals surface area contributed by atoms with E-state index in [-0.39, 0.29) is 12.1 Å². The van der Waals surface area contributed by atoms with Gasteiger partial charge in [0, 0.05) is 5.57 Å². The van der Waals surface area contributed by atoms with E-state index in [4.69, 9.17) is 4.74 Å². The number of allylic oxidation sites excluding steroid dienone is 1. The van der Waals surface area contributed by atoms with Crippen molar-refractivity contribution in [3.63, 3.8) is 0 Å². The summed E-state index contributed by atoms with van der Waals surface area (Å²) in [6, 6.07) is 0. The Hall–Kier alpha value is -0.790. The first-order valence-corrected chi connectivity index (χ1v) is 6.79. The molecule has 0 aromatic rings. The molecule has 0 N–H and O–H groups in total. The molecule has 2 heteroatoms. The maximum absolute atomic E-state index is 11.8. The lowest BCUT2D eigenvalue weighted by molar-refractivity contribution is -0.151. The summed E-state index contributed by atoms with van der Waals surface area (Å²) >= 11 is 0. The van der Waals surface area contributed by atoms with Gasteiger partial charge in [-0.1, -0.05) is 33.3 Å². The van der Waals surface area contributed by atoms with E-state index in [2.05, 4.69) is 20.8 Å². The second-order valence-corrected chi connectivity index (χ2v) is 5.74. The van der Waals surface area contributed by atoms with Gasteiger partial charge in [-0.15, -0.1) is 0 Å². The highest BCUT2D eigenvalue weighted by Crippen LogP contribution is 2.35. The van der Waals surface area contributed by atoms with Gasteiger partial charge in [-0.25, -0.2) is 4.79 Å². The normalized spacial score (nSPS) is 30.5. The van der Waals surface area contributed by atoms with Gasteiger partial charge in [-0.3, -0.25) is 0 Å². The van der Waals surface area contributed by atoms with Crippen molar-refractivity contribution in [2.75, 3.05) is 0 Å². The minimum Gasteiger partial charge on any atom is -0.459 e. The SMILES string of the molecule is C/C=C(\C)C(=O)OC1CC(C)CCC1C(C)C. The van der Waals surface area contributed by atoms with Crippen molar-refractivity contribution >= 4 is 5.97 Å². The van der Waals surface area contributed by atoms with Gasteiger partial charge in [0.05, 0.1) is 0 Å². The Morgan fingerprint density at radius 2 is 2.00 bits per heavy atom. The molecule has 0 amide bonds. The van der Waals surface area contributed by atoms with E-state index in [0.717, 1.165) is 6.42 Å². The van der Waals surface area contributed by atoms with E-state index >= 15 is 0 Å². The Labute approximate surface area is 105 Å². The highest BCUT2D eigenvalue weighted by Gasteiger charge is 2.33. The van der Waals surface area contributed by atoms with Crippen molar-refractivity contribution in [2.24, 2.45) is 17.8 Å². The first kappa shape index (κ1) is 14.3. The maximum Gasteiger partial charge on any atom is 0.333 e. The zero-order valence-corrected chi connectivity index (χ0v) is 11.8. The van der Waals surface area contributed by atoms with Crippen LogP contribution in [0.15, 0.2) is 11.6 Å². The lowest BCUT2D eigenvalue weighted by Gasteiger charge is -2.36. The lowest BCUT2D eigenvalue weighted by Crippen LogP contribution is -2.36. The number of rotatable bonds is 3. The van der Waals surface area contributed by atoms with Crippen molar-refractivity contribution in [1.82, 2.24) is 0 Å². The minimum atomic E-state index is -0.141. The summed E-state index contributed by atoms with van der Waals surface area (Å²) in [5.74, 6) is 1.65. The summed E-state index contributed by atoms with van der Waals surface area (Å²) < 4.78 is 5.68. The van der Waals surface area contributed by atoms with Gasteiger partial charge in [0.15, 0.2) is 0 Å². The number of hydrogen-bond acceptors (Lipinski definition) is 2. The molecule has 0 aromatic heterocycles. The largest absolute Gasteiger partial charge is 0.459 e. The highest BCUT2D eigenvalue weighted by atomic mass is 16.5. The summed E-state index contributed by atoms with van der Waals surface area (Å²) in [7, 11) is 0. The van der Waals surface area contributed by atoms with Crippen LogP contribution < -0.4 is 0 Å². The maximum atomic E-state index is 11.8. The number of ether oxygens (including phenoxy) is 1.